The fourth-order valence-electron chi connectivity index (χ4n) is 3.17. The first-order valence-corrected chi connectivity index (χ1v) is 10.7. The Morgan fingerprint density at radius 2 is 1.59 bits per heavy atom. The number of hydrogen-bond donors (Lipinski definition) is 2. The number of anilines is 1. The van der Waals surface area contributed by atoms with Gasteiger partial charge < -0.3 is 20.1 Å². The number of rotatable bonds is 7. The second-order valence-electron chi connectivity index (χ2n) is 7.04. The van der Waals surface area contributed by atoms with Crippen molar-refractivity contribution >= 4 is 34.1 Å². The summed E-state index contributed by atoms with van der Waals surface area (Å²) in [5.41, 5.74) is 1.95. The van der Waals surface area contributed by atoms with Crippen molar-refractivity contribution in [2.45, 2.75) is 19.9 Å². The molecule has 1 aromatic heterocycles. The number of carbonyl (C=O) groups excluding carboxylic acids is 3. The van der Waals surface area contributed by atoms with E-state index >= 15 is 0 Å². The molecule has 3 rings (SSSR count). The van der Waals surface area contributed by atoms with Gasteiger partial charge in [-0.05, 0) is 49.2 Å². The van der Waals surface area contributed by atoms with Crippen molar-refractivity contribution in [2.24, 2.45) is 0 Å². The zero-order valence-corrected chi connectivity index (χ0v) is 19.0. The van der Waals surface area contributed by atoms with Gasteiger partial charge in [-0.15, -0.1) is 11.3 Å². The Labute approximate surface area is 190 Å². The van der Waals surface area contributed by atoms with Gasteiger partial charge in [-0.3, -0.25) is 9.59 Å². The maximum atomic E-state index is 13.0. The van der Waals surface area contributed by atoms with Crippen molar-refractivity contribution < 1.29 is 23.9 Å². The Morgan fingerprint density at radius 1 is 0.938 bits per heavy atom. The minimum atomic E-state index is -0.626. The van der Waals surface area contributed by atoms with E-state index in [9.17, 15) is 14.4 Å². The maximum absolute atomic E-state index is 13.0. The molecule has 2 N–H and O–H groups in total. The molecule has 0 aliphatic heterocycles. The molecule has 166 valence electrons. The van der Waals surface area contributed by atoms with E-state index < -0.39 is 11.9 Å². The maximum Gasteiger partial charge on any atom is 0.341 e. The lowest BCUT2D eigenvalue weighted by molar-refractivity contribution is 0.0601. The van der Waals surface area contributed by atoms with Crippen LogP contribution in [0.2, 0.25) is 0 Å². The number of benzene rings is 2. The first-order valence-electron chi connectivity index (χ1n) is 9.88. The van der Waals surface area contributed by atoms with Gasteiger partial charge in [0, 0.05) is 5.56 Å². The largest absolute Gasteiger partial charge is 0.497 e. The van der Waals surface area contributed by atoms with Crippen molar-refractivity contribution in [2.75, 3.05) is 19.5 Å². The standard InChI is InChI=1S/C24H24N2O5S/c1-14-19(24(29)31-4)23(26-21(27)17-10-12-18(30-3)13-11-17)32-20(14)22(28)25-15(2)16-8-6-5-7-9-16/h5-13,15H,1-4H3,(H,25,28)(H,26,27). The van der Waals surface area contributed by atoms with Crippen LogP contribution in [0, 0.1) is 6.92 Å². The van der Waals surface area contributed by atoms with Gasteiger partial charge in [0.25, 0.3) is 11.8 Å². The molecular weight excluding hydrogens is 428 g/mol. The smallest absolute Gasteiger partial charge is 0.341 e. The molecule has 2 amide bonds. The van der Waals surface area contributed by atoms with Gasteiger partial charge >= 0.3 is 5.97 Å². The molecular formula is C24H24N2O5S. The number of ether oxygens (including phenoxy) is 2. The highest BCUT2D eigenvalue weighted by Gasteiger charge is 2.27. The third-order valence-corrected chi connectivity index (χ3v) is 6.17. The Balaban J connectivity index is 1.87. The third kappa shape index (κ3) is 4.97. The SMILES string of the molecule is COC(=O)c1c(NC(=O)c2ccc(OC)cc2)sc(C(=O)NC(C)c2ccccc2)c1C. The quantitative estimate of drug-likeness (QED) is 0.511. The fraction of sp³-hybridized carbons (Fsp3) is 0.208. The van der Waals surface area contributed by atoms with Crippen LogP contribution in [0.1, 0.15) is 54.5 Å². The second kappa shape index (κ2) is 10.1. The normalized spacial score (nSPS) is 11.4. The Morgan fingerprint density at radius 3 is 2.19 bits per heavy atom. The molecule has 2 aromatic carbocycles. The van der Waals surface area contributed by atoms with E-state index in [1.54, 1.807) is 31.2 Å². The summed E-state index contributed by atoms with van der Waals surface area (Å²) in [5.74, 6) is -0.753. The number of methoxy groups -OCH3 is 2. The van der Waals surface area contributed by atoms with Gasteiger partial charge in [0.1, 0.15) is 10.8 Å². The van der Waals surface area contributed by atoms with Crippen molar-refractivity contribution in [1.29, 1.82) is 0 Å². The van der Waals surface area contributed by atoms with Gasteiger partial charge in [-0.1, -0.05) is 30.3 Å². The summed E-state index contributed by atoms with van der Waals surface area (Å²) in [6.07, 6.45) is 0. The summed E-state index contributed by atoms with van der Waals surface area (Å²) in [6, 6.07) is 15.9. The predicted octanol–water partition coefficient (Wildman–Crippen LogP) is 4.60. The molecule has 0 spiro atoms. The Hall–Kier alpha value is -3.65. The van der Waals surface area contributed by atoms with Gasteiger partial charge in [-0.25, -0.2) is 4.79 Å². The van der Waals surface area contributed by atoms with Crippen molar-refractivity contribution in [3.8, 4) is 5.75 Å². The minimum Gasteiger partial charge on any atom is -0.497 e. The van der Waals surface area contributed by atoms with Crippen LogP contribution in [-0.4, -0.2) is 32.0 Å². The van der Waals surface area contributed by atoms with E-state index in [4.69, 9.17) is 9.47 Å². The Bertz CT molecular complexity index is 1120. The zero-order valence-electron chi connectivity index (χ0n) is 18.2. The summed E-state index contributed by atoms with van der Waals surface area (Å²) in [5, 5.41) is 5.94. The minimum absolute atomic E-state index is 0.164. The topological polar surface area (TPSA) is 93.7 Å². The number of esters is 1. The monoisotopic (exact) mass is 452 g/mol. The first-order chi connectivity index (χ1) is 15.3. The van der Waals surface area contributed by atoms with E-state index in [1.807, 2.05) is 37.3 Å². The van der Waals surface area contributed by atoms with Crippen LogP contribution in [0.15, 0.2) is 54.6 Å². The number of carbonyl (C=O) groups is 3. The molecule has 0 bridgehead atoms. The predicted molar refractivity (Wildman–Crippen MR) is 124 cm³/mol. The van der Waals surface area contributed by atoms with Crippen LogP contribution in [0.5, 0.6) is 5.75 Å². The summed E-state index contributed by atoms with van der Waals surface area (Å²) in [4.78, 5) is 38.5. The zero-order chi connectivity index (χ0) is 23.3. The third-order valence-electron chi connectivity index (χ3n) is 4.97. The van der Waals surface area contributed by atoms with E-state index in [1.165, 1.54) is 14.2 Å². The van der Waals surface area contributed by atoms with Crippen LogP contribution in [0.3, 0.4) is 0 Å². The molecule has 0 saturated carbocycles. The van der Waals surface area contributed by atoms with Gasteiger partial charge in [-0.2, -0.15) is 0 Å². The second-order valence-corrected chi connectivity index (χ2v) is 8.06. The van der Waals surface area contributed by atoms with Crippen molar-refractivity contribution in [1.82, 2.24) is 5.32 Å². The van der Waals surface area contributed by atoms with E-state index in [2.05, 4.69) is 10.6 Å². The van der Waals surface area contributed by atoms with Crippen LogP contribution in [-0.2, 0) is 4.74 Å². The van der Waals surface area contributed by atoms with Crippen LogP contribution in [0.25, 0.3) is 0 Å². The van der Waals surface area contributed by atoms with E-state index in [0.717, 1.165) is 16.9 Å². The molecule has 0 aliphatic carbocycles. The van der Waals surface area contributed by atoms with Gasteiger partial charge in [0.15, 0.2) is 0 Å². The van der Waals surface area contributed by atoms with Crippen LogP contribution >= 0.6 is 11.3 Å². The van der Waals surface area contributed by atoms with Crippen molar-refractivity contribution in [3.05, 3.63) is 81.7 Å². The Kier molecular flexibility index (Phi) is 7.27. The molecule has 7 nitrogen and oxygen atoms in total. The number of nitrogens with one attached hydrogen (secondary N) is 2. The van der Waals surface area contributed by atoms with Crippen molar-refractivity contribution in [3.63, 3.8) is 0 Å². The van der Waals surface area contributed by atoms with E-state index in [-0.39, 0.29) is 22.5 Å². The molecule has 1 atom stereocenters. The molecule has 32 heavy (non-hydrogen) atoms. The summed E-state index contributed by atoms with van der Waals surface area (Å²) in [6.45, 7) is 3.54. The summed E-state index contributed by atoms with van der Waals surface area (Å²) in [7, 11) is 2.79. The fourth-order valence-corrected chi connectivity index (χ4v) is 4.26. The highest BCUT2D eigenvalue weighted by molar-refractivity contribution is 7.18. The van der Waals surface area contributed by atoms with Crippen LogP contribution < -0.4 is 15.4 Å². The van der Waals surface area contributed by atoms with Crippen LogP contribution in [0.4, 0.5) is 5.00 Å². The molecule has 0 radical (unpaired) electrons. The molecule has 0 saturated heterocycles. The molecule has 3 aromatic rings. The lowest BCUT2D eigenvalue weighted by atomic mass is 10.1. The highest BCUT2D eigenvalue weighted by Crippen LogP contribution is 2.34. The summed E-state index contributed by atoms with van der Waals surface area (Å²) >= 11 is 1.04. The molecule has 0 fully saturated rings. The number of thiophene rings is 1. The number of amides is 2. The van der Waals surface area contributed by atoms with Gasteiger partial charge in [0.05, 0.1) is 30.7 Å². The molecule has 1 unspecified atom stereocenters. The average molecular weight is 453 g/mol. The lowest BCUT2D eigenvalue weighted by Gasteiger charge is -2.14. The summed E-state index contributed by atoms with van der Waals surface area (Å²) < 4.78 is 9.99. The molecule has 0 aliphatic rings. The number of hydrogen-bond acceptors (Lipinski definition) is 6. The molecule has 1 heterocycles. The first kappa shape index (κ1) is 23.0. The van der Waals surface area contributed by atoms with Gasteiger partial charge in [0.2, 0.25) is 0 Å². The average Bonchev–Trinajstić information content (AvgIpc) is 3.14. The van der Waals surface area contributed by atoms with E-state index in [0.29, 0.717) is 21.8 Å². The lowest BCUT2D eigenvalue weighted by Crippen LogP contribution is -2.26. The molecule has 8 heteroatoms. The highest BCUT2D eigenvalue weighted by atomic mass is 32.1.